The van der Waals surface area contributed by atoms with E-state index in [9.17, 15) is 0 Å². The van der Waals surface area contributed by atoms with Gasteiger partial charge in [0.05, 0.1) is 0 Å². The molecule has 1 rings (SSSR count). The minimum Gasteiger partial charge on any atom is -0.724 e. The van der Waals surface area contributed by atoms with Gasteiger partial charge in [-0.1, -0.05) is 24.3 Å². The molecule has 1 aliphatic rings. The molecule has 0 fully saturated rings. The van der Waals surface area contributed by atoms with Crippen LogP contribution in [0.25, 0.3) is 10.8 Å². The Labute approximate surface area is 64.2 Å². The Kier molecular flexibility index (Phi) is 17.1. The van der Waals surface area contributed by atoms with Gasteiger partial charge in [0.1, 0.15) is 0 Å². The standard InChI is InChI=1S/C5H6.2CNO/c1-2-4-5-3-1;2*2-1-3/h1-4H,5H2;;/q;2*-1. The van der Waals surface area contributed by atoms with Crippen LogP contribution in [-0.2, 0) is 9.59 Å². The fourth-order valence-corrected chi connectivity index (χ4v) is 0.393. The normalized spacial score (nSPS) is 9.45. The predicted octanol–water partition coefficient (Wildman–Crippen LogP) is 1.29. The first-order valence-electron chi connectivity index (χ1n) is 2.67. The van der Waals surface area contributed by atoms with E-state index in [0.717, 1.165) is 6.42 Å². The first kappa shape index (κ1) is 12.0. The van der Waals surface area contributed by atoms with Crippen LogP contribution in [-0.4, -0.2) is 12.2 Å². The van der Waals surface area contributed by atoms with E-state index in [1.165, 1.54) is 0 Å². The zero-order chi connectivity index (χ0) is 8.95. The monoisotopic (exact) mass is 150 g/mol. The molecule has 11 heavy (non-hydrogen) atoms. The van der Waals surface area contributed by atoms with Gasteiger partial charge in [0.25, 0.3) is 0 Å². The van der Waals surface area contributed by atoms with Crippen molar-refractivity contribution < 1.29 is 9.59 Å². The third-order valence-corrected chi connectivity index (χ3v) is 0.655. The number of carbonyl (C=O) groups excluding carboxylic acids is 2. The van der Waals surface area contributed by atoms with Gasteiger partial charge in [0.2, 0.25) is 0 Å². The molecule has 4 nitrogen and oxygen atoms in total. The number of allylic oxidation sites excluding steroid dienone is 4. The molecule has 1 aliphatic carbocycles. The summed E-state index contributed by atoms with van der Waals surface area (Å²) in [5, 5.41) is 13.5. The van der Waals surface area contributed by atoms with Crippen LogP contribution in [0.3, 0.4) is 0 Å². The predicted molar refractivity (Wildman–Crippen MR) is 41.0 cm³/mol. The lowest BCUT2D eigenvalue weighted by Gasteiger charge is -1.57. The van der Waals surface area contributed by atoms with Crippen LogP contribution in [0.4, 0.5) is 0 Å². The molecule has 0 saturated carbocycles. The quantitative estimate of drug-likeness (QED) is 0.385. The van der Waals surface area contributed by atoms with Gasteiger partial charge >= 0.3 is 0 Å². The second-order valence-electron chi connectivity index (χ2n) is 1.27. The highest BCUT2D eigenvalue weighted by Crippen LogP contribution is 1.93. The summed E-state index contributed by atoms with van der Waals surface area (Å²) in [6.07, 6.45) is 10.5. The fourth-order valence-electron chi connectivity index (χ4n) is 0.393. The highest BCUT2D eigenvalue weighted by atomic mass is 16.1. The maximum absolute atomic E-state index is 8.24. The topological polar surface area (TPSA) is 78.7 Å². The van der Waals surface area contributed by atoms with Gasteiger partial charge < -0.3 is 10.8 Å². The van der Waals surface area contributed by atoms with Gasteiger partial charge in [0.15, 0.2) is 0 Å². The van der Waals surface area contributed by atoms with Crippen molar-refractivity contribution >= 4 is 12.2 Å². The average Bonchev–Trinajstić information content (AvgIpc) is 2.44. The van der Waals surface area contributed by atoms with E-state index in [2.05, 4.69) is 24.3 Å². The van der Waals surface area contributed by atoms with E-state index in [1.54, 1.807) is 0 Å². The van der Waals surface area contributed by atoms with E-state index >= 15 is 0 Å². The number of hydrogen-bond acceptors (Lipinski definition) is 2. The van der Waals surface area contributed by atoms with Crippen LogP contribution in [0, 0.1) is 0 Å². The smallest absolute Gasteiger partial charge is 0.0159 e. The third-order valence-electron chi connectivity index (χ3n) is 0.655. The molecule has 0 bridgehead atoms. The summed E-state index contributed by atoms with van der Waals surface area (Å²) in [7, 11) is 0. The van der Waals surface area contributed by atoms with Crippen LogP contribution in [0.2, 0.25) is 0 Å². The zero-order valence-electron chi connectivity index (χ0n) is 5.73. The van der Waals surface area contributed by atoms with E-state index in [4.69, 9.17) is 20.4 Å². The molecule has 58 valence electrons. The number of isocyanates is 2. The number of rotatable bonds is 0. The summed E-state index contributed by atoms with van der Waals surface area (Å²) in [5.74, 6) is 0. The Balaban J connectivity index is 0. The number of hydrogen-bond donors (Lipinski definition) is 0. The molecule has 0 radical (unpaired) electrons. The molecule has 0 unspecified atom stereocenters. The van der Waals surface area contributed by atoms with E-state index in [1.807, 2.05) is 0 Å². The Morgan fingerprint density at radius 2 is 1.27 bits per heavy atom. The molecule has 0 saturated heterocycles. The van der Waals surface area contributed by atoms with Crippen molar-refractivity contribution in [3.05, 3.63) is 35.1 Å². The Bertz CT molecular complexity index is 172. The van der Waals surface area contributed by atoms with Crippen molar-refractivity contribution in [3.63, 3.8) is 0 Å². The molecule has 0 heterocycles. The first-order valence-corrected chi connectivity index (χ1v) is 2.67. The summed E-state index contributed by atoms with van der Waals surface area (Å²) in [5.41, 5.74) is 0. The lowest BCUT2D eigenvalue weighted by Crippen LogP contribution is -1.37. The number of nitrogens with zero attached hydrogens (tertiary/aromatic N) is 2. The highest BCUT2D eigenvalue weighted by molar-refractivity contribution is 5.37. The molecule has 0 amide bonds. The van der Waals surface area contributed by atoms with Crippen molar-refractivity contribution in [1.82, 2.24) is 0 Å². The van der Waals surface area contributed by atoms with Crippen LogP contribution < -0.4 is 0 Å². The van der Waals surface area contributed by atoms with Gasteiger partial charge in [-0.3, -0.25) is 9.59 Å². The average molecular weight is 150 g/mol. The van der Waals surface area contributed by atoms with Gasteiger partial charge in [-0.15, -0.1) is 0 Å². The fraction of sp³-hybridized carbons (Fsp3) is 0.143. The van der Waals surface area contributed by atoms with Crippen molar-refractivity contribution in [3.8, 4) is 0 Å². The second kappa shape index (κ2) is 15.7. The first-order chi connectivity index (χ1) is 5.33. The van der Waals surface area contributed by atoms with Crippen LogP contribution in [0.1, 0.15) is 6.42 Å². The van der Waals surface area contributed by atoms with Gasteiger partial charge in [-0.05, 0) is 18.6 Å². The van der Waals surface area contributed by atoms with Crippen molar-refractivity contribution in [1.29, 1.82) is 0 Å². The Morgan fingerprint density at radius 3 is 1.36 bits per heavy atom. The molecular formula is C7H6N2O2-2. The molecular weight excluding hydrogens is 144 g/mol. The van der Waals surface area contributed by atoms with Gasteiger partial charge in [-0.25, -0.2) is 0 Å². The molecule has 0 spiro atoms. The molecule has 0 aliphatic heterocycles. The highest BCUT2D eigenvalue weighted by Gasteiger charge is 1.72. The molecule has 0 N–H and O–H groups in total. The third kappa shape index (κ3) is 30.6. The minimum atomic E-state index is 0.500. The molecule has 4 heteroatoms. The minimum absolute atomic E-state index is 0.500. The van der Waals surface area contributed by atoms with E-state index in [0.29, 0.717) is 12.2 Å². The summed E-state index contributed by atoms with van der Waals surface area (Å²) in [4.78, 5) is 16.5. The van der Waals surface area contributed by atoms with E-state index in [-0.39, 0.29) is 0 Å². The lowest BCUT2D eigenvalue weighted by atomic mass is 10.5. The SMILES string of the molecule is C1=CCC=C1.[N-]=C=O.[N-]=C=O. The van der Waals surface area contributed by atoms with Crippen LogP contribution in [0.5, 0.6) is 0 Å². The molecule has 0 atom stereocenters. The summed E-state index contributed by atoms with van der Waals surface area (Å²) in [6, 6.07) is 0. The summed E-state index contributed by atoms with van der Waals surface area (Å²) >= 11 is 0. The van der Waals surface area contributed by atoms with Gasteiger partial charge in [-0.2, -0.15) is 0 Å². The lowest BCUT2D eigenvalue weighted by molar-refractivity contribution is 0.568. The zero-order valence-corrected chi connectivity index (χ0v) is 5.73. The van der Waals surface area contributed by atoms with Crippen LogP contribution >= 0.6 is 0 Å². The summed E-state index contributed by atoms with van der Waals surface area (Å²) in [6.45, 7) is 0. The van der Waals surface area contributed by atoms with Crippen molar-refractivity contribution in [2.45, 2.75) is 6.42 Å². The van der Waals surface area contributed by atoms with E-state index < -0.39 is 0 Å². The van der Waals surface area contributed by atoms with Gasteiger partial charge in [0, 0.05) is 0 Å². The summed E-state index contributed by atoms with van der Waals surface area (Å²) < 4.78 is 0. The van der Waals surface area contributed by atoms with Crippen LogP contribution in [0.15, 0.2) is 24.3 Å². The maximum atomic E-state index is 8.24. The maximum Gasteiger partial charge on any atom is -0.0159 e. The van der Waals surface area contributed by atoms with Crippen molar-refractivity contribution in [2.75, 3.05) is 0 Å². The Morgan fingerprint density at radius 1 is 1.00 bits per heavy atom. The Hall–Kier alpha value is -1.76. The van der Waals surface area contributed by atoms with Crippen molar-refractivity contribution in [2.24, 2.45) is 0 Å². The molecule has 0 aromatic carbocycles. The second-order valence-corrected chi connectivity index (χ2v) is 1.27. The largest absolute Gasteiger partial charge is 0.724 e. The molecule has 0 aromatic heterocycles. The molecule has 0 aromatic rings.